The molecule has 0 fully saturated rings. The molecule has 1 amide bonds. The van der Waals surface area contributed by atoms with Crippen molar-refractivity contribution in [2.45, 2.75) is 18.9 Å². The molecule has 1 aliphatic heterocycles. The summed E-state index contributed by atoms with van der Waals surface area (Å²) >= 11 is 1.56. The number of nitrogens with zero attached hydrogens (tertiary/aromatic N) is 3. The van der Waals surface area contributed by atoms with Crippen LogP contribution >= 0.6 is 11.3 Å². The van der Waals surface area contributed by atoms with Crippen molar-refractivity contribution in [3.05, 3.63) is 88.1 Å². The van der Waals surface area contributed by atoms with Gasteiger partial charge in [0.05, 0.1) is 17.6 Å². The van der Waals surface area contributed by atoms with Crippen molar-refractivity contribution in [3.63, 3.8) is 0 Å². The number of carbonyl (C=O) groups excluding carboxylic acids is 1. The Bertz CT molecular complexity index is 1240. The third-order valence-corrected chi connectivity index (χ3v) is 7.06. The zero-order chi connectivity index (χ0) is 22.7. The molecule has 5 nitrogen and oxygen atoms in total. The monoisotopic (exact) mass is 440 g/mol. The van der Waals surface area contributed by atoms with Gasteiger partial charge in [0.25, 0.3) is 0 Å². The van der Waals surface area contributed by atoms with E-state index in [1.165, 1.54) is 4.90 Å². The van der Waals surface area contributed by atoms with Crippen molar-refractivity contribution >= 4 is 29.3 Å². The van der Waals surface area contributed by atoms with Gasteiger partial charge in [-0.2, -0.15) is 5.26 Å². The predicted octanol–water partition coefficient (Wildman–Crippen LogP) is 5.01. The lowest BCUT2D eigenvalue weighted by Crippen LogP contribution is -2.53. The zero-order valence-corrected chi connectivity index (χ0v) is 18.8. The van der Waals surface area contributed by atoms with E-state index in [9.17, 15) is 10.1 Å². The molecule has 0 aliphatic carbocycles. The molecule has 0 unspecified atom stereocenters. The van der Waals surface area contributed by atoms with Crippen LogP contribution in [-0.4, -0.2) is 23.8 Å². The molecule has 0 radical (unpaired) electrons. The van der Waals surface area contributed by atoms with Crippen molar-refractivity contribution in [1.29, 1.82) is 5.26 Å². The Hall–Kier alpha value is -3.69. The van der Waals surface area contributed by atoms with Gasteiger partial charge in [-0.3, -0.25) is 9.69 Å². The third-order valence-electron chi connectivity index (χ3n) is 5.90. The summed E-state index contributed by atoms with van der Waals surface area (Å²) in [4.78, 5) is 20.4. The maximum atomic E-state index is 13.2. The number of carbonyl (C=O) groups is 1. The van der Waals surface area contributed by atoms with Crippen molar-refractivity contribution in [2.75, 3.05) is 7.05 Å². The second-order valence-corrected chi connectivity index (χ2v) is 8.92. The number of aliphatic imine (C=N–C) groups is 1. The fourth-order valence-corrected chi connectivity index (χ4v) is 5.04. The van der Waals surface area contributed by atoms with E-state index in [2.05, 4.69) is 12.1 Å². The highest BCUT2D eigenvalue weighted by Crippen LogP contribution is 2.44. The molecule has 1 aliphatic rings. The summed E-state index contributed by atoms with van der Waals surface area (Å²) in [7, 11) is 1.67. The van der Waals surface area contributed by atoms with Gasteiger partial charge in [-0.1, -0.05) is 54.6 Å². The molecule has 0 saturated heterocycles. The largest absolute Gasteiger partial charge is 0.369 e. The number of guanidine groups is 1. The number of allylic oxidation sites excluding steroid dienone is 1. The van der Waals surface area contributed by atoms with Crippen molar-refractivity contribution in [3.8, 4) is 17.2 Å². The van der Waals surface area contributed by atoms with Crippen LogP contribution in [0.4, 0.5) is 0 Å². The maximum Gasteiger partial charge on any atom is 0.235 e. The Morgan fingerprint density at radius 2 is 1.97 bits per heavy atom. The molecule has 160 valence electrons. The van der Waals surface area contributed by atoms with E-state index < -0.39 is 5.54 Å². The number of rotatable bonds is 5. The highest BCUT2D eigenvalue weighted by Gasteiger charge is 2.46. The number of hydrogen-bond acceptors (Lipinski definition) is 5. The number of nitriles is 1. The molecule has 32 heavy (non-hydrogen) atoms. The van der Waals surface area contributed by atoms with Gasteiger partial charge in [-0.15, -0.1) is 11.3 Å². The van der Waals surface area contributed by atoms with Gasteiger partial charge in [-0.05, 0) is 53.6 Å². The topological polar surface area (TPSA) is 82.5 Å². The fourth-order valence-electron chi connectivity index (χ4n) is 3.96. The van der Waals surface area contributed by atoms with Gasteiger partial charge in [-0.25, -0.2) is 4.99 Å². The predicted molar refractivity (Wildman–Crippen MR) is 130 cm³/mol. The van der Waals surface area contributed by atoms with Crippen LogP contribution in [0.3, 0.4) is 0 Å². The van der Waals surface area contributed by atoms with E-state index in [4.69, 9.17) is 10.7 Å². The fraction of sp³-hybridized carbons (Fsp3) is 0.192. The minimum Gasteiger partial charge on any atom is -0.369 e. The van der Waals surface area contributed by atoms with E-state index in [0.717, 1.165) is 21.6 Å². The first-order chi connectivity index (χ1) is 15.4. The number of hydrogen-bond donors (Lipinski definition) is 1. The molecular formula is C26H24N4OS. The summed E-state index contributed by atoms with van der Waals surface area (Å²) in [6.07, 6.45) is 4.61. The van der Waals surface area contributed by atoms with Gasteiger partial charge in [0, 0.05) is 11.9 Å². The van der Waals surface area contributed by atoms with Crippen LogP contribution in [0.1, 0.15) is 29.3 Å². The lowest BCUT2D eigenvalue weighted by Gasteiger charge is -2.39. The molecule has 2 N–H and O–H groups in total. The first-order valence-corrected chi connectivity index (χ1v) is 11.2. The zero-order valence-electron chi connectivity index (χ0n) is 18.0. The standard InChI is InChI=1S/C26H24N4OS/c1-26(23-15-21(17-32-23)20-12-6-11-19(14-20)16-27)22(24(31)30(2)25(28)29-26)13-7-10-18-8-4-3-5-9-18/h3-12,14-15,17,22H,13H2,1-2H3,(H2,28,29)/b10-7+/t22-,26-/m0/s1. The highest BCUT2D eigenvalue weighted by molar-refractivity contribution is 7.10. The first-order valence-electron chi connectivity index (χ1n) is 10.4. The average Bonchev–Trinajstić information content (AvgIpc) is 3.32. The number of thiophene rings is 1. The normalized spacial score (nSPS) is 20.9. The second kappa shape index (κ2) is 8.81. The lowest BCUT2D eigenvalue weighted by atomic mass is 9.79. The molecule has 2 aromatic carbocycles. The summed E-state index contributed by atoms with van der Waals surface area (Å²) < 4.78 is 0. The molecule has 2 atom stereocenters. The number of nitrogens with two attached hydrogens (primary N) is 1. The van der Waals surface area contributed by atoms with Crippen molar-refractivity contribution < 1.29 is 4.79 Å². The Morgan fingerprint density at radius 1 is 1.19 bits per heavy atom. The summed E-state index contributed by atoms with van der Waals surface area (Å²) in [5.74, 6) is -0.196. The molecular weight excluding hydrogens is 416 g/mol. The van der Waals surface area contributed by atoms with E-state index >= 15 is 0 Å². The third kappa shape index (κ3) is 4.08. The average molecular weight is 441 g/mol. The number of amides is 1. The first kappa shape index (κ1) is 21.5. The molecule has 1 aromatic heterocycles. The van der Waals surface area contributed by atoms with Gasteiger partial charge in [0.15, 0.2) is 5.96 Å². The van der Waals surface area contributed by atoms with Crippen molar-refractivity contribution in [1.82, 2.24) is 4.90 Å². The smallest absolute Gasteiger partial charge is 0.235 e. The Balaban J connectivity index is 1.69. The van der Waals surface area contributed by atoms with Crippen LogP contribution in [0.5, 0.6) is 0 Å². The van der Waals surface area contributed by atoms with E-state index in [-0.39, 0.29) is 17.8 Å². The minimum absolute atomic E-state index is 0.0425. The summed E-state index contributed by atoms with van der Waals surface area (Å²) in [5.41, 5.74) is 9.02. The van der Waals surface area contributed by atoms with Crippen LogP contribution in [0.2, 0.25) is 0 Å². The molecule has 6 heteroatoms. The van der Waals surface area contributed by atoms with Crippen LogP contribution in [0.15, 0.2) is 77.1 Å². The molecule has 0 bridgehead atoms. The van der Waals surface area contributed by atoms with Crippen LogP contribution in [0.25, 0.3) is 17.2 Å². The van der Waals surface area contributed by atoms with Gasteiger partial charge in [0.1, 0.15) is 5.54 Å². The van der Waals surface area contributed by atoms with Crippen molar-refractivity contribution in [2.24, 2.45) is 16.6 Å². The Morgan fingerprint density at radius 3 is 2.72 bits per heavy atom. The van der Waals surface area contributed by atoms with E-state index in [1.54, 1.807) is 24.5 Å². The number of benzene rings is 2. The van der Waals surface area contributed by atoms with Gasteiger partial charge < -0.3 is 5.73 Å². The quantitative estimate of drug-likeness (QED) is 0.605. The highest BCUT2D eigenvalue weighted by atomic mass is 32.1. The minimum atomic E-state index is -0.773. The summed E-state index contributed by atoms with van der Waals surface area (Å²) in [6, 6.07) is 21.8. The molecule has 3 aromatic rings. The van der Waals surface area contributed by atoms with Crippen LogP contribution < -0.4 is 5.73 Å². The van der Waals surface area contributed by atoms with E-state index in [0.29, 0.717) is 12.0 Å². The summed E-state index contributed by atoms with van der Waals surface area (Å²) in [5, 5.41) is 11.3. The lowest BCUT2D eigenvalue weighted by molar-refractivity contribution is -0.133. The molecule has 0 saturated carbocycles. The maximum absolute atomic E-state index is 13.2. The molecule has 0 spiro atoms. The summed E-state index contributed by atoms with van der Waals surface area (Å²) in [6.45, 7) is 1.98. The van der Waals surface area contributed by atoms with Gasteiger partial charge >= 0.3 is 0 Å². The Kier molecular flexibility index (Phi) is 5.93. The molecule has 2 heterocycles. The van der Waals surface area contributed by atoms with E-state index in [1.807, 2.05) is 73.0 Å². The van der Waals surface area contributed by atoms with Crippen LogP contribution in [0, 0.1) is 17.2 Å². The van der Waals surface area contributed by atoms with Crippen LogP contribution in [-0.2, 0) is 10.3 Å². The van der Waals surface area contributed by atoms with Gasteiger partial charge in [0.2, 0.25) is 5.91 Å². The molecule has 4 rings (SSSR count). The SMILES string of the molecule is CN1C(=O)[C@H](C/C=C/c2ccccc2)[C@@](C)(c2cc(-c3cccc(C#N)c3)cs2)N=C1N. The second-order valence-electron chi connectivity index (χ2n) is 8.01. The Labute approximate surface area is 192 Å².